The fourth-order valence-electron chi connectivity index (χ4n) is 1.73. The van der Waals surface area contributed by atoms with Crippen LogP contribution in [0.1, 0.15) is 22.8 Å². The maximum atomic E-state index is 11.9. The molecule has 0 radical (unpaired) electrons. The summed E-state index contributed by atoms with van der Waals surface area (Å²) >= 11 is 0. The van der Waals surface area contributed by atoms with Crippen LogP contribution in [0.5, 0.6) is 5.75 Å². The summed E-state index contributed by atoms with van der Waals surface area (Å²) in [7, 11) is 0. The van der Waals surface area contributed by atoms with Crippen LogP contribution in [0, 0.1) is 10.1 Å². The number of hydrogen-bond acceptors (Lipinski definition) is 5. The normalized spacial score (nSPS) is 11.0. The molecule has 0 aliphatic heterocycles. The zero-order valence-corrected chi connectivity index (χ0v) is 11.7. The van der Waals surface area contributed by atoms with E-state index in [1.807, 2.05) is 0 Å². The van der Waals surface area contributed by atoms with E-state index in [0.29, 0.717) is 5.71 Å². The minimum absolute atomic E-state index is 0.136. The molecule has 0 fully saturated rings. The third kappa shape index (κ3) is 3.66. The number of hydrogen-bond donors (Lipinski definition) is 2. The van der Waals surface area contributed by atoms with Crippen LogP contribution in [-0.2, 0) is 0 Å². The van der Waals surface area contributed by atoms with Gasteiger partial charge in [-0.05, 0) is 42.8 Å². The van der Waals surface area contributed by atoms with Crippen LogP contribution in [-0.4, -0.2) is 21.6 Å². The van der Waals surface area contributed by atoms with E-state index in [2.05, 4.69) is 10.5 Å². The van der Waals surface area contributed by atoms with Gasteiger partial charge in [0.05, 0.1) is 10.6 Å². The van der Waals surface area contributed by atoms with Gasteiger partial charge < -0.3 is 5.11 Å². The highest BCUT2D eigenvalue weighted by molar-refractivity contribution is 6.01. The second-order valence-corrected chi connectivity index (χ2v) is 4.49. The number of carbonyl (C=O) groups is 1. The van der Waals surface area contributed by atoms with Gasteiger partial charge in [0.2, 0.25) is 0 Å². The lowest BCUT2D eigenvalue weighted by atomic mass is 10.1. The van der Waals surface area contributed by atoms with Gasteiger partial charge in [0.1, 0.15) is 5.75 Å². The Balaban J connectivity index is 2.11. The highest BCUT2D eigenvalue weighted by Crippen LogP contribution is 2.13. The first-order chi connectivity index (χ1) is 10.5. The van der Waals surface area contributed by atoms with Crippen LogP contribution in [0.2, 0.25) is 0 Å². The van der Waals surface area contributed by atoms with Crippen molar-refractivity contribution >= 4 is 17.3 Å². The SMILES string of the molecule is C/C(=N/NC(=O)c1cccc([N+](=O)[O-])c1)c1ccc(O)cc1. The number of phenolic OH excluding ortho intramolecular Hbond substituents is 1. The van der Waals surface area contributed by atoms with Crippen molar-refractivity contribution in [2.24, 2.45) is 5.10 Å². The minimum atomic E-state index is -0.568. The number of non-ortho nitro benzene ring substituents is 1. The smallest absolute Gasteiger partial charge is 0.271 e. The van der Waals surface area contributed by atoms with E-state index in [9.17, 15) is 20.0 Å². The van der Waals surface area contributed by atoms with Crippen molar-refractivity contribution in [2.75, 3.05) is 0 Å². The summed E-state index contributed by atoms with van der Waals surface area (Å²) in [6.45, 7) is 1.69. The number of hydrazone groups is 1. The molecular formula is C15H13N3O4. The predicted molar refractivity (Wildman–Crippen MR) is 80.9 cm³/mol. The van der Waals surface area contributed by atoms with Gasteiger partial charge in [0, 0.05) is 17.7 Å². The van der Waals surface area contributed by atoms with Gasteiger partial charge in [-0.2, -0.15) is 5.10 Å². The van der Waals surface area contributed by atoms with Crippen LogP contribution in [0.3, 0.4) is 0 Å². The fraction of sp³-hybridized carbons (Fsp3) is 0.0667. The molecular weight excluding hydrogens is 286 g/mol. The minimum Gasteiger partial charge on any atom is -0.508 e. The van der Waals surface area contributed by atoms with Crippen LogP contribution in [0.4, 0.5) is 5.69 Å². The van der Waals surface area contributed by atoms with Gasteiger partial charge in [0.15, 0.2) is 0 Å². The van der Waals surface area contributed by atoms with Gasteiger partial charge in [0.25, 0.3) is 11.6 Å². The largest absolute Gasteiger partial charge is 0.508 e. The van der Waals surface area contributed by atoms with E-state index < -0.39 is 10.8 Å². The molecule has 2 aromatic rings. The van der Waals surface area contributed by atoms with Crippen LogP contribution >= 0.6 is 0 Å². The molecule has 2 N–H and O–H groups in total. The Labute approximate surface area is 126 Å². The standard InChI is InChI=1S/C15H13N3O4/c1-10(11-5-7-14(19)8-6-11)16-17-15(20)12-3-2-4-13(9-12)18(21)22/h2-9,19H,1H3,(H,17,20)/b16-10-. The Hall–Kier alpha value is -3.22. The van der Waals surface area contributed by atoms with Gasteiger partial charge >= 0.3 is 0 Å². The number of aromatic hydroxyl groups is 1. The van der Waals surface area contributed by atoms with E-state index in [0.717, 1.165) is 5.56 Å². The Bertz CT molecular complexity index is 739. The molecule has 0 aliphatic carbocycles. The molecule has 7 nitrogen and oxygen atoms in total. The van der Waals surface area contributed by atoms with Crippen molar-refractivity contribution in [3.05, 3.63) is 69.8 Å². The van der Waals surface area contributed by atoms with Crippen LogP contribution < -0.4 is 5.43 Å². The lowest BCUT2D eigenvalue weighted by Crippen LogP contribution is -2.19. The number of nitrogens with zero attached hydrogens (tertiary/aromatic N) is 2. The van der Waals surface area contributed by atoms with E-state index >= 15 is 0 Å². The zero-order chi connectivity index (χ0) is 16.1. The number of nitrogens with one attached hydrogen (secondary N) is 1. The molecule has 0 spiro atoms. The van der Waals surface area contributed by atoms with Crippen molar-refractivity contribution in [3.63, 3.8) is 0 Å². The second kappa shape index (κ2) is 6.49. The molecule has 0 aromatic heterocycles. The number of rotatable bonds is 4. The van der Waals surface area contributed by atoms with Gasteiger partial charge in [-0.25, -0.2) is 5.43 Å². The monoisotopic (exact) mass is 299 g/mol. The summed E-state index contributed by atoms with van der Waals surface area (Å²) in [5, 5.41) is 23.8. The first-order valence-electron chi connectivity index (χ1n) is 6.36. The molecule has 22 heavy (non-hydrogen) atoms. The Morgan fingerprint density at radius 2 is 1.86 bits per heavy atom. The third-order valence-electron chi connectivity index (χ3n) is 2.93. The molecule has 0 saturated heterocycles. The lowest BCUT2D eigenvalue weighted by molar-refractivity contribution is -0.384. The molecule has 0 unspecified atom stereocenters. The van der Waals surface area contributed by atoms with Gasteiger partial charge in [-0.3, -0.25) is 14.9 Å². The molecule has 0 atom stereocenters. The van der Waals surface area contributed by atoms with Gasteiger partial charge in [-0.1, -0.05) is 6.07 Å². The Morgan fingerprint density at radius 3 is 2.50 bits per heavy atom. The average molecular weight is 299 g/mol. The maximum Gasteiger partial charge on any atom is 0.271 e. The first kappa shape index (κ1) is 15.2. The number of benzene rings is 2. The number of amides is 1. The Morgan fingerprint density at radius 1 is 1.18 bits per heavy atom. The van der Waals surface area contributed by atoms with Crippen molar-refractivity contribution in [2.45, 2.75) is 6.92 Å². The molecule has 2 rings (SSSR count). The number of carbonyl (C=O) groups excluding carboxylic acids is 1. The van der Waals surface area contributed by atoms with E-state index in [1.54, 1.807) is 19.1 Å². The molecule has 2 aromatic carbocycles. The quantitative estimate of drug-likeness (QED) is 0.514. The zero-order valence-electron chi connectivity index (χ0n) is 11.7. The second-order valence-electron chi connectivity index (χ2n) is 4.49. The molecule has 0 bridgehead atoms. The van der Waals surface area contributed by atoms with Crippen molar-refractivity contribution in [1.82, 2.24) is 5.43 Å². The predicted octanol–water partition coefficient (Wildman–Crippen LogP) is 2.45. The fourth-order valence-corrected chi connectivity index (χ4v) is 1.73. The van der Waals surface area contributed by atoms with Crippen molar-refractivity contribution in [3.8, 4) is 5.75 Å². The topological polar surface area (TPSA) is 105 Å². The van der Waals surface area contributed by atoms with Crippen molar-refractivity contribution < 1.29 is 14.8 Å². The summed E-state index contributed by atoms with van der Waals surface area (Å²) in [5.41, 5.74) is 3.61. The number of phenols is 1. The van der Waals surface area contributed by atoms with Gasteiger partial charge in [-0.15, -0.1) is 0 Å². The molecule has 112 valence electrons. The average Bonchev–Trinajstić information content (AvgIpc) is 2.53. The summed E-state index contributed by atoms with van der Waals surface area (Å²) < 4.78 is 0. The number of nitro groups is 1. The van der Waals surface area contributed by atoms with Crippen LogP contribution in [0.15, 0.2) is 53.6 Å². The summed E-state index contributed by atoms with van der Waals surface area (Å²) in [6.07, 6.45) is 0. The van der Waals surface area contributed by atoms with E-state index in [-0.39, 0.29) is 17.0 Å². The molecule has 0 saturated carbocycles. The summed E-state index contributed by atoms with van der Waals surface area (Å²) in [6, 6.07) is 11.7. The highest BCUT2D eigenvalue weighted by Gasteiger charge is 2.11. The van der Waals surface area contributed by atoms with Crippen molar-refractivity contribution in [1.29, 1.82) is 0 Å². The van der Waals surface area contributed by atoms with Crippen LogP contribution in [0.25, 0.3) is 0 Å². The van der Waals surface area contributed by atoms with E-state index in [4.69, 9.17) is 0 Å². The Kier molecular flexibility index (Phi) is 4.47. The first-order valence-corrected chi connectivity index (χ1v) is 6.36. The highest BCUT2D eigenvalue weighted by atomic mass is 16.6. The lowest BCUT2D eigenvalue weighted by Gasteiger charge is -2.03. The third-order valence-corrected chi connectivity index (χ3v) is 2.93. The summed E-state index contributed by atoms with van der Waals surface area (Å²) in [5.74, 6) is -0.404. The summed E-state index contributed by atoms with van der Waals surface area (Å²) in [4.78, 5) is 22.0. The maximum absolute atomic E-state index is 11.9. The molecule has 0 aliphatic rings. The van der Waals surface area contributed by atoms with E-state index in [1.165, 1.54) is 36.4 Å². The number of nitro benzene ring substituents is 1. The molecule has 1 amide bonds. The molecule has 0 heterocycles. The molecule has 7 heteroatoms.